The highest BCUT2D eigenvalue weighted by Crippen LogP contribution is 2.36. The maximum Gasteiger partial charge on any atom is 0.270 e. The van der Waals surface area contributed by atoms with Crippen molar-refractivity contribution < 1.29 is 9.66 Å². The van der Waals surface area contributed by atoms with Gasteiger partial charge in [-0.1, -0.05) is 63.4 Å². The minimum absolute atomic E-state index is 0.0959. The molecule has 0 saturated heterocycles. The maximum atomic E-state index is 11.0. The maximum absolute atomic E-state index is 11.0. The first kappa shape index (κ1) is 21.8. The topological polar surface area (TPSA) is 76.2 Å². The van der Waals surface area contributed by atoms with Crippen LogP contribution in [0.2, 0.25) is 10.0 Å². The lowest BCUT2D eigenvalue weighted by molar-refractivity contribution is -0.384. The molecule has 0 N–H and O–H groups in total. The quantitative estimate of drug-likeness (QED) is 0.153. The molecule has 0 aliphatic rings. The number of nitrogens with zero attached hydrogens (tertiary/aromatic N) is 2. The number of hydrogen-bond donors (Lipinski definition) is 0. The molecule has 0 heterocycles. The molecule has 0 atom stereocenters. The second-order valence-electron chi connectivity index (χ2n) is 6.21. The first-order chi connectivity index (χ1) is 14.4. The molecule has 0 saturated carbocycles. The number of non-ortho nitro benzene ring substituents is 1. The summed E-state index contributed by atoms with van der Waals surface area (Å²) in [5.74, 6) is 0.340. The molecule has 0 unspecified atom stereocenters. The molecule has 0 fully saturated rings. The van der Waals surface area contributed by atoms with Crippen LogP contribution in [0.3, 0.4) is 0 Å². The van der Waals surface area contributed by atoms with E-state index in [1.165, 1.54) is 18.2 Å². The Balaban J connectivity index is 1.86. The van der Waals surface area contributed by atoms with E-state index >= 15 is 0 Å². The fourth-order valence-corrected chi connectivity index (χ4v) is 3.55. The van der Waals surface area contributed by atoms with Gasteiger partial charge in [-0.2, -0.15) is 5.26 Å². The minimum Gasteiger partial charge on any atom is -0.486 e. The fourth-order valence-electron chi connectivity index (χ4n) is 2.67. The normalized spacial score (nSPS) is 11.1. The van der Waals surface area contributed by atoms with Crippen LogP contribution < -0.4 is 4.74 Å². The van der Waals surface area contributed by atoms with Gasteiger partial charge in [0.05, 0.1) is 26.6 Å². The number of allylic oxidation sites excluding steroid dienone is 1. The summed E-state index contributed by atoms with van der Waals surface area (Å²) < 4.78 is 6.73. The molecule has 0 aromatic heterocycles. The van der Waals surface area contributed by atoms with E-state index in [1.54, 1.807) is 24.3 Å². The molecule has 5 nitrogen and oxygen atoms in total. The molecule has 3 aromatic carbocycles. The highest BCUT2D eigenvalue weighted by molar-refractivity contribution is 9.10. The third-order valence-corrected chi connectivity index (χ3v) is 5.21. The molecule has 0 bridgehead atoms. The van der Waals surface area contributed by atoms with Gasteiger partial charge in [0.25, 0.3) is 5.69 Å². The Hall–Kier alpha value is -2.85. The summed E-state index contributed by atoms with van der Waals surface area (Å²) in [5.41, 5.74) is 2.10. The summed E-state index contributed by atoms with van der Waals surface area (Å²) >= 11 is 16.1. The Bertz CT molecular complexity index is 1150. The molecule has 0 amide bonds. The SMILES string of the molecule is N#C/C(=C/c1cc(Cl)c(OCc2ccc(Br)cc2)c(Cl)c1)c1cccc([N+](=O)[O-])c1. The van der Waals surface area contributed by atoms with Gasteiger partial charge < -0.3 is 4.74 Å². The minimum atomic E-state index is -0.510. The monoisotopic (exact) mass is 502 g/mol. The van der Waals surface area contributed by atoms with Gasteiger partial charge in [0.1, 0.15) is 6.61 Å². The zero-order valence-electron chi connectivity index (χ0n) is 15.3. The predicted octanol–water partition coefficient (Wildman–Crippen LogP) is 7.31. The summed E-state index contributed by atoms with van der Waals surface area (Å²) in [6.07, 6.45) is 1.56. The number of ether oxygens (including phenoxy) is 1. The molecule has 3 aromatic rings. The van der Waals surface area contributed by atoms with Gasteiger partial charge in [-0.05, 0) is 47.0 Å². The molecule has 3 rings (SSSR count). The van der Waals surface area contributed by atoms with Crippen LogP contribution in [0.1, 0.15) is 16.7 Å². The summed E-state index contributed by atoms with van der Waals surface area (Å²) in [6, 6.07) is 18.8. The average Bonchev–Trinajstić information content (AvgIpc) is 2.72. The summed E-state index contributed by atoms with van der Waals surface area (Å²) in [5, 5.41) is 21.1. The zero-order valence-corrected chi connectivity index (χ0v) is 18.4. The standard InChI is InChI=1S/C22H13BrCl2N2O3/c23-18-6-4-14(5-7-18)13-30-22-20(24)9-15(10-21(22)25)8-17(12-26)16-2-1-3-19(11-16)27(28)29/h1-11H,13H2/b17-8-. The van der Waals surface area contributed by atoms with E-state index in [1.807, 2.05) is 24.3 Å². The van der Waals surface area contributed by atoms with Crippen molar-refractivity contribution in [2.75, 3.05) is 0 Å². The van der Waals surface area contributed by atoms with Gasteiger partial charge in [0, 0.05) is 16.6 Å². The molecule has 0 aliphatic heterocycles. The molecule has 0 aliphatic carbocycles. The first-order valence-corrected chi connectivity index (χ1v) is 10.1. The van der Waals surface area contributed by atoms with Crippen LogP contribution in [0.5, 0.6) is 5.75 Å². The Morgan fingerprint density at radius 3 is 2.40 bits per heavy atom. The van der Waals surface area contributed by atoms with Crippen LogP contribution >= 0.6 is 39.1 Å². The third-order valence-electron chi connectivity index (χ3n) is 4.12. The summed E-state index contributed by atoms with van der Waals surface area (Å²) in [7, 11) is 0. The van der Waals surface area contributed by atoms with Gasteiger partial charge in [-0.25, -0.2) is 0 Å². The van der Waals surface area contributed by atoms with Crippen LogP contribution in [-0.4, -0.2) is 4.92 Å². The molecule has 0 spiro atoms. The lowest BCUT2D eigenvalue weighted by atomic mass is 10.0. The van der Waals surface area contributed by atoms with Crippen molar-refractivity contribution in [1.29, 1.82) is 5.26 Å². The van der Waals surface area contributed by atoms with Gasteiger partial charge in [0.2, 0.25) is 0 Å². The summed E-state index contributed by atoms with van der Waals surface area (Å²) in [4.78, 5) is 10.5. The smallest absolute Gasteiger partial charge is 0.270 e. The number of nitro benzene ring substituents is 1. The average molecular weight is 504 g/mol. The van der Waals surface area contributed by atoms with Crippen LogP contribution in [0.4, 0.5) is 5.69 Å². The van der Waals surface area contributed by atoms with Crippen LogP contribution in [0.25, 0.3) is 11.6 Å². The Morgan fingerprint density at radius 1 is 1.13 bits per heavy atom. The molecule has 8 heteroatoms. The van der Waals surface area contributed by atoms with Crippen molar-refractivity contribution in [1.82, 2.24) is 0 Å². The molecule has 30 heavy (non-hydrogen) atoms. The van der Waals surface area contributed by atoms with Gasteiger partial charge in [-0.3, -0.25) is 10.1 Å². The zero-order chi connectivity index (χ0) is 21.7. The number of rotatable bonds is 6. The van der Waals surface area contributed by atoms with E-state index in [-0.39, 0.29) is 11.3 Å². The van der Waals surface area contributed by atoms with Crippen LogP contribution in [-0.2, 0) is 6.61 Å². The lowest BCUT2D eigenvalue weighted by Gasteiger charge is -2.11. The van der Waals surface area contributed by atoms with E-state index < -0.39 is 4.92 Å². The second kappa shape index (κ2) is 9.77. The van der Waals surface area contributed by atoms with Gasteiger partial charge >= 0.3 is 0 Å². The van der Waals surface area contributed by atoms with Crippen molar-refractivity contribution in [3.8, 4) is 11.8 Å². The van der Waals surface area contributed by atoms with E-state index in [4.69, 9.17) is 27.9 Å². The van der Waals surface area contributed by atoms with Gasteiger partial charge in [-0.15, -0.1) is 0 Å². The van der Waals surface area contributed by atoms with E-state index in [0.29, 0.717) is 33.5 Å². The molecule has 0 radical (unpaired) electrons. The fraction of sp³-hybridized carbons (Fsp3) is 0.0455. The van der Waals surface area contributed by atoms with Crippen molar-refractivity contribution in [3.63, 3.8) is 0 Å². The molecule has 150 valence electrons. The second-order valence-corrected chi connectivity index (χ2v) is 7.94. The van der Waals surface area contributed by atoms with E-state index in [2.05, 4.69) is 22.0 Å². The number of nitriles is 1. The Labute approximate surface area is 191 Å². The Kier molecular flexibility index (Phi) is 7.11. The van der Waals surface area contributed by atoms with Crippen molar-refractivity contribution in [2.45, 2.75) is 6.61 Å². The van der Waals surface area contributed by atoms with Gasteiger partial charge in [0.15, 0.2) is 5.75 Å². The number of halogens is 3. The summed E-state index contributed by atoms with van der Waals surface area (Å²) in [6.45, 7) is 0.291. The van der Waals surface area contributed by atoms with Crippen molar-refractivity contribution >= 4 is 56.5 Å². The van der Waals surface area contributed by atoms with E-state index in [0.717, 1.165) is 10.0 Å². The first-order valence-electron chi connectivity index (χ1n) is 8.60. The number of benzene rings is 3. The highest BCUT2D eigenvalue weighted by Gasteiger charge is 2.12. The lowest BCUT2D eigenvalue weighted by Crippen LogP contribution is -1.97. The largest absolute Gasteiger partial charge is 0.486 e. The van der Waals surface area contributed by atoms with Crippen LogP contribution in [0.15, 0.2) is 65.1 Å². The molecular formula is C22H13BrCl2N2O3. The molecular weight excluding hydrogens is 491 g/mol. The highest BCUT2D eigenvalue weighted by atomic mass is 79.9. The van der Waals surface area contributed by atoms with Crippen LogP contribution in [0, 0.1) is 21.4 Å². The third kappa shape index (κ3) is 5.39. The van der Waals surface area contributed by atoms with Crippen molar-refractivity contribution in [3.05, 3.63) is 102 Å². The Morgan fingerprint density at radius 2 is 1.80 bits per heavy atom. The number of hydrogen-bond acceptors (Lipinski definition) is 4. The van der Waals surface area contributed by atoms with E-state index in [9.17, 15) is 15.4 Å². The predicted molar refractivity (Wildman–Crippen MR) is 122 cm³/mol. The number of nitro groups is 1. The van der Waals surface area contributed by atoms with Crippen molar-refractivity contribution in [2.24, 2.45) is 0 Å².